The number of benzene rings is 2. The average Bonchev–Trinajstić information content (AvgIpc) is 3.44. The van der Waals surface area contributed by atoms with Gasteiger partial charge in [-0.25, -0.2) is 4.68 Å². The summed E-state index contributed by atoms with van der Waals surface area (Å²) in [6.45, 7) is 6.87. The van der Waals surface area contributed by atoms with Crippen LogP contribution in [0.4, 0.5) is 0 Å². The second kappa shape index (κ2) is 10.8. The number of aliphatic hydroxyl groups is 1. The lowest BCUT2D eigenvalue weighted by atomic mass is 10.1. The lowest BCUT2D eigenvalue weighted by Gasteiger charge is -2.27. The van der Waals surface area contributed by atoms with Gasteiger partial charge in [0.2, 0.25) is 5.88 Å². The molecule has 1 saturated heterocycles. The van der Waals surface area contributed by atoms with Gasteiger partial charge in [-0.3, -0.25) is 4.90 Å². The molecule has 0 bridgehead atoms. The van der Waals surface area contributed by atoms with Crippen molar-refractivity contribution in [2.45, 2.75) is 51.9 Å². The zero-order chi connectivity index (χ0) is 22.3. The molecule has 0 amide bonds. The van der Waals surface area contributed by atoms with Crippen molar-refractivity contribution in [3.05, 3.63) is 71.9 Å². The first kappa shape index (κ1) is 22.5. The first-order chi connectivity index (χ1) is 15.6. The molecule has 2 aromatic carbocycles. The van der Waals surface area contributed by atoms with Crippen LogP contribution in [-0.2, 0) is 11.3 Å². The van der Waals surface area contributed by atoms with Crippen LogP contribution in [0.1, 0.15) is 37.4 Å². The van der Waals surface area contributed by atoms with Crippen LogP contribution < -0.4 is 4.74 Å². The van der Waals surface area contributed by atoms with Gasteiger partial charge in [-0.05, 0) is 50.5 Å². The number of aliphatic hydroxyl groups excluding tert-OH is 1. The molecule has 2 heterocycles. The molecule has 1 aliphatic rings. The smallest absolute Gasteiger partial charge is 0.227 e. The van der Waals surface area contributed by atoms with Crippen molar-refractivity contribution >= 4 is 0 Å². The number of rotatable bonds is 10. The van der Waals surface area contributed by atoms with Crippen molar-refractivity contribution in [3.8, 4) is 17.3 Å². The maximum absolute atomic E-state index is 10.4. The van der Waals surface area contributed by atoms with E-state index in [2.05, 4.69) is 4.90 Å². The molecule has 170 valence electrons. The number of nitrogens with zero attached hydrogens (tertiary/aromatic N) is 3. The summed E-state index contributed by atoms with van der Waals surface area (Å²) in [6.07, 6.45) is 2.72. The Hall–Kier alpha value is -2.67. The minimum absolute atomic E-state index is 0.210. The molecule has 4 rings (SSSR count). The molecule has 2 unspecified atom stereocenters. The van der Waals surface area contributed by atoms with E-state index in [0.717, 1.165) is 55.1 Å². The van der Waals surface area contributed by atoms with Crippen LogP contribution in [0.5, 0.6) is 11.6 Å². The highest BCUT2D eigenvalue weighted by atomic mass is 16.5. The molecule has 0 saturated carbocycles. The van der Waals surface area contributed by atoms with Gasteiger partial charge < -0.3 is 14.6 Å². The fourth-order valence-corrected chi connectivity index (χ4v) is 4.10. The van der Waals surface area contributed by atoms with Gasteiger partial charge in [-0.1, -0.05) is 43.3 Å². The average molecular weight is 436 g/mol. The van der Waals surface area contributed by atoms with Gasteiger partial charge in [0.25, 0.3) is 0 Å². The third-order valence-electron chi connectivity index (χ3n) is 5.90. The summed E-state index contributed by atoms with van der Waals surface area (Å²) in [5, 5.41) is 15.2. The molecule has 6 heteroatoms. The van der Waals surface area contributed by atoms with E-state index in [-0.39, 0.29) is 12.2 Å². The molecule has 1 fully saturated rings. The number of ether oxygens (including phenoxy) is 2. The molecule has 1 N–H and O–H groups in total. The van der Waals surface area contributed by atoms with Gasteiger partial charge in [0, 0.05) is 26.2 Å². The summed E-state index contributed by atoms with van der Waals surface area (Å²) >= 11 is 0. The first-order valence-electron chi connectivity index (χ1n) is 11.5. The van der Waals surface area contributed by atoms with Gasteiger partial charge >= 0.3 is 0 Å². The van der Waals surface area contributed by atoms with Gasteiger partial charge in [-0.15, -0.1) is 0 Å². The first-order valence-corrected chi connectivity index (χ1v) is 11.5. The minimum Gasteiger partial charge on any atom is -0.439 e. The van der Waals surface area contributed by atoms with E-state index in [4.69, 9.17) is 14.6 Å². The summed E-state index contributed by atoms with van der Waals surface area (Å²) in [5.41, 5.74) is 2.90. The van der Waals surface area contributed by atoms with Gasteiger partial charge in [-0.2, -0.15) is 5.10 Å². The fraction of sp³-hybridized carbons (Fsp3) is 0.423. The Kier molecular flexibility index (Phi) is 7.58. The van der Waals surface area contributed by atoms with Crippen molar-refractivity contribution in [3.63, 3.8) is 0 Å². The molecular weight excluding hydrogens is 402 g/mol. The highest BCUT2D eigenvalue weighted by Crippen LogP contribution is 2.32. The molecule has 1 aromatic heterocycles. The lowest BCUT2D eigenvalue weighted by molar-refractivity contribution is 0.0451. The third kappa shape index (κ3) is 5.57. The van der Waals surface area contributed by atoms with Crippen molar-refractivity contribution in [1.82, 2.24) is 14.7 Å². The number of hydrogen-bond acceptors (Lipinski definition) is 5. The lowest BCUT2D eigenvalue weighted by Crippen LogP contribution is -2.37. The van der Waals surface area contributed by atoms with Crippen LogP contribution in [0.15, 0.2) is 60.7 Å². The zero-order valence-electron chi connectivity index (χ0n) is 19.0. The largest absolute Gasteiger partial charge is 0.439 e. The zero-order valence-corrected chi connectivity index (χ0v) is 19.0. The van der Waals surface area contributed by atoms with Crippen molar-refractivity contribution in [2.75, 3.05) is 19.7 Å². The Morgan fingerprint density at radius 1 is 1.16 bits per heavy atom. The van der Waals surface area contributed by atoms with Crippen LogP contribution in [0.25, 0.3) is 5.69 Å². The van der Waals surface area contributed by atoms with E-state index in [1.807, 2.05) is 79.2 Å². The van der Waals surface area contributed by atoms with Gasteiger partial charge in [0.05, 0.1) is 29.2 Å². The molecule has 0 spiro atoms. The summed E-state index contributed by atoms with van der Waals surface area (Å²) in [4.78, 5) is 2.28. The Morgan fingerprint density at radius 3 is 2.53 bits per heavy atom. The molecule has 0 aliphatic carbocycles. The number of para-hydroxylation sites is 2. The third-order valence-corrected chi connectivity index (χ3v) is 5.90. The van der Waals surface area contributed by atoms with E-state index < -0.39 is 0 Å². The Bertz CT molecular complexity index is 969. The Labute approximate surface area is 190 Å². The van der Waals surface area contributed by atoms with Crippen LogP contribution >= 0.6 is 0 Å². The van der Waals surface area contributed by atoms with Gasteiger partial charge in [0.15, 0.2) is 0 Å². The Balaban J connectivity index is 1.68. The highest BCUT2D eigenvalue weighted by molar-refractivity contribution is 5.43. The maximum atomic E-state index is 10.4. The van der Waals surface area contributed by atoms with Crippen molar-refractivity contribution in [1.29, 1.82) is 0 Å². The van der Waals surface area contributed by atoms with E-state index in [1.54, 1.807) is 0 Å². The van der Waals surface area contributed by atoms with Crippen molar-refractivity contribution in [2.24, 2.45) is 0 Å². The summed E-state index contributed by atoms with van der Waals surface area (Å²) < 4.78 is 14.2. The van der Waals surface area contributed by atoms with E-state index >= 15 is 0 Å². The summed E-state index contributed by atoms with van der Waals surface area (Å²) in [6, 6.07) is 19.9. The number of hydrogen-bond donors (Lipinski definition) is 1. The molecule has 32 heavy (non-hydrogen) atoms. The van der Waals surface area contributed by atoms with Crippen molar-refractivity contribution < 1.29 is 14.6 Å². The second-order valence-electron chi connectivity index (χ2n) is 8.42. The van der Waals surface area contributed by atoms with Crippen LogP contribution in [0.3, 0.4) is 0 Å². The number of aryl methyl sites for hydroxylation is 1. The molecule has 3 aromatic rings. The van der Waals surface area contributed by atoms with E-state index in [1.165, 1.54) is 0 Å². The standard InChI is InChI=1S/C26H33N3O3/c1-3-22(30)17-28(18-24-15-10-16-31-24)19-25-20(2)27-29(21-11-6-4-7-12-21)26(25)32-23-13-8-5-9-14-23/h4-9,11-14,22,24,30H,3,10,15-19H2,1-2H3. The van der Waals surface area contributed by atoms with Crippen LogP contribution in [0.2, 0.25) is 0 Å². The molecule has 0 radical (unpaired) electrons. The summed E-state index contributed by atoms with van der Waals surface area (Å²) in [7, 11) is 0. The molecule has 2 atom stereocenters. The summed E-state index contributed by atoms with van der Waals surface area (Å²) in [5.74, 6) is 1.48. The normalized spacial score (nSPS) is 17.1. The predicted octanol–water partition coefficient (Wildman–Crippen LogP) is 4.72. The topological polar surface area (TPSA) is 59.8 Å². The Morgan fingerprint density at radius 2 is 1.88 bits per heavy atom. The van der Waals surface area contributed by atoms with Crippen LogP contribution in [-0.4, -0.2) is 51.7 Å². The predicted molar refractivity (Wildman–Crippen MR) is 125 cm³/mol. The second-order valence-corrected chi connectivity index (χ2v) is 8.42. The molecule has 1 aliphatic heterocycles. The monoisotopic (exact) mass is 435 g/mol. The van der Waals surface area contributed by atoms with Crippen LogP contribution in [0, 0.1) is 6.92 Å². The maximum Gasteiger partial charge on any atom is 0.227 e. The quantitative estimate of drug-likeness (QED) is 0.499. The van der Waals surface area contributed by atoms with E-state index in [9.17, 15) is 5.11 Å². The van der Waals surface area contributed by atoms with E-state index in [0.29, 0.717) is 19.0 Å². The SMILES string of the molecule is CCC(O)CN(Cc1c(C)nn(-c2ccccc2)c1Oc1ccccc1)CC1CCCO1. The minimum atomic E-state index is -0.376. The molecular formula is C26H33N3O3. The molecule has 6 nitrogen and oxygen atoms in total. The van der Waals surface area contributed by atoms with Gasteiger partial charge in [0.1, 0.15) is 5.75 Å². The fourth-order valence-electron chi connectivity index (χ4n) is 4.10. The highest BCUT2D eigenvalue weighted by Gasteiger charge is 2.25. The number of aromatic nitrogens is 2.